The third-order valence-corrected chi connectivity index (χ3v) is 3.13. The molecule has 0 aliphatic heterocycles. The van der Waals surface area contributed by atoms with Gasteiger partial charge >= 0.3 is 0 Å². The van der Waals surface area contributed by atoms with Crippen LogP contribution in [0.4, 0.5) is 10.7 Å². The molecule has 0 aromatic carbocycles. The highest BCUT2D eigenvalue weighted by Gasteiger charge is 2.21. The topological polar surface area (TPSA) is 114 Å². The number of carbonyl (C=O) groups excluding carboxylic acids is 1. The first-order valence-electron chi connectivity index (χ1n) is 4.88. The van der Waals surface area contributed by atoms with E-state index in [1.54, 1.807) is 7.11 Å². The number of primary amides is 1. The van der Waals surface area contributed by atoms with Crippen molar-refractivity contribution in [2.45, 2.75) is 13.0 Å². The second kappa shape index (κ2) is 5.52. The van der Waals surface area contributed by atoms with E-state index in [4.69, 9.17) is 21.5 Å². The standard InChI is InChI=1S/C10H14N4O2S/c1-5(4-16-2)14-10-7(9(13)15)8(12)6(3-11)17-10/h5,14H,4,12H2,1-2H3,(H2,13,15). The molecule has 1 unspecified atom stereocenters. The summed E-state index contributed by atoms with van der Waals surface area (Å²) in [6.07, 6.45) is 0. The quantitative estimate of drug-likeness (QED) is 0.717. The van der Waals surface area contributed by atoms with Crippen LogP contribution in [0, 0.1) is 11.3 Å². The Morgan fingerprint density at radius 1 is 1.71 bits per heavy atom. The van der Waals surface area contributed by atoms with Crippen LogP contribution in [0.2, 0.25) is 0 Å². The van der Waals surface area contributed by atoms with Crippen LogP contribution >= 0.6 is 11.3 Å². The monoisotopic (exact) mass is 254 g/mol. The van der Waals surface area contributed by atoms with Crippen molar-refractivity contribution < 1.29 is 9.53 Å². The van der Waals surface area contributed by atoms with Crippen molar-refractivity contribution in [3.8, 4) is 6.07 Å². The molecule has 0 bridgehead atoms. The van der Waals surface area contributed by atoms with Gasteiger partial charge in [-0.2, -0.15) is 5.26 Å². The summed E-state index contributed by atoms with van der Waals surface area (Å²) >= 11 is 1.12. The molecule has 0 radical (unpaired) electrons. The second-order valence-corrected chi connectivity index (χ2v) is 4.55. The highest BCUT2D eigenvalue weighted by molar-refractivity contribution is 7.17. The van der Waals surface area contributed by atoms with Crippen molar-refractivity contribution in [1.29, 1.82) is 5.26 Å². The third kappa shape index (κ3) is 2.87. The van der Waals surface area contributed by atoms with Crippen molar-refractivity contribution in [1.82, 2.24) is 0 Å². The lowest BCUT2D eigenvalue weighted by Gasteiger charge is -2.13. The number of anilines is 2. The average molecular weight is 254 g/mol. The lowest BCUT2D eigenvalue weighted by molar-refractivity contribution is 0.100. The van der Waals surface area contributed by atoms with E-state index in [0.717, 1.165) is 11.3 Å². The van der Waals surface area contributed by atoms with Gasteiger partial charge in [-0.15, -0.1) is 11.3 Å². The number of nitrogens with two attached hydrogens (primary N) is 2. The summed E-state index contributed by atoms with van der Waals surface area (Å²) in [6.45, 7) is 2.36. The molecule has 0 aliphatic carbocycles. The van der Waals surface area contributed by atoms with Crippen LogP contribution in [0.5, 0.6) is 0 Å². The molecule has 0 saturated carbocycles. The molecule has 17 heavy (non-hydrogen) atoms. The molecule has 0 aliphatic rings. The largest absolute Gasteiger partial charge is 0.396 e. The van der Waals surface area contributed by atoms with Gasteiger partial charge < -0.3 is 21.5 Å². The lowest BCUT2D eigenvalue weighted by Crippen LogP contribution is -2.22. The van der Waals surface area contributed by atoms with Crippen LogP contribution < -0.4 is 16.8 Å². The third-order valence-electron chi connectivity index (χ3n) is 2.09. The minimum absolute atomic E-state index is 0.0114. The maximum Gasteiger partial charge on any atom is 0.253 e. The number of nitrogens with zero attached hydrogens (tertiary/aromatic N) is 1. The normalized spacial score (nSPS) is 11.8. The summed E-state index contributed by atoms with van der Waals surface area (Å²) in [6, 6.07) is 1.92. The molecule has 1 heterocycles. The summed E-state index contributed by atoms with van der Waals surface area (Å²) in [5.41, 5.74) is 11.2. The van der Waals surface area contributed by atoms with Gasteiger partial charge in [0.25, 0.3) is 5.91 Å². The molecule has 0 saturated heterocycles. The minimum atomic E-state index is -0.646. The van der Waals surface area contributed by atoms with Gasteiger partial charge in [0.2, 0.25) is 0 Å². The Hall–Kier alpha value is -1.78. The van der Waals surface area contributed by atoms with Gasteiger partial charge in [0, 0.05) is 13.2 Å². The number of hydrogen-bond acceptors (Lipinski definition) is 6. The van der Waals surface area contributed by atoms with Crippen LogP contribution in [0.3, 0.4) is 0 Å². The fourth-order valence-corrected chi connectivity index (χ4v) is 2.42. The van der Waals surface area contributed by atoms with Gasteiger partial charge in [0.15, 0.2) is 0 Å². The number of rotatable bonds is 5. The SMILES string of the molecule is COCC(C)Nc1sc(C#N)c(N)c1C(N)=O. The number of thiophene rings is 1. The molecule has 7 heteroatoms. The Labute approximate surface area is 103 Å². The summed E-state index contributed by atoms with van der Waals surface area (Å²) in [5.74, 6) is -0.646. The molecular weight excluding hydrogens is 240 g/mol. The molecule has 0 fully saturated rings. The van der Waals surface area contributed by atoms with Crippen LogP contribution in [-0.4, -0.2) is 25.7 Å². The number of amides is 1. The predicted octanol–water partition coefficient (Wildman–Crippen LogP) is 0.748. The number of methoxy groups -OCH3 is 1. The highest BCUT2D eigenvalue weighted by Crippen LogP contribution is 2.35. The van der Waals surface area contributed by atoms with Crippen molar-refractivity contribution in [3.63, 3.8) is 0 Å². The Balaban J connectivity index is 3.07. The van der Waals surface area contributed by atoms with Crippen LogP contribution in [0.25, 0.3) is 0 Å². The first-order chi connectivity index (χ1) is 8.01. The van der Waals surface area contributed by atoms with Gasteiger partial charge in [-0.25, -0.2) is 0 Å². The number of nitriles is 1. The number of hydrogen-bond donors (Lipinski definition) is 3. The number of carbonyl (C=O) groups is 1. The zero-order valence-corrected chi connectivity index (χ0v) is 10.4. The zero-order valence-electron chi connectivity index (χ0n) is 9.61. The maximum atomic E-state index is 11.3. The number of ether oxygens (including phenoxy) is 1. The molecule has 5 N–H and O–H groups in total. The molecule has 6 nitrogen and oxygen atoms in total. The highest BCUT2D eigenvalue weighted by atomic mass is 32.1. The molecule has 1 atom stereocenters. The van der Waals surface area contributed by atoms with Gasteiger partial charge in [-0.3, -0.25) is 4.79 Å². The molecule has 92 valence electrons. The Morgan fingerprint density at radius 2 is 2.35 bits per heavy atom. The number of nitrogens with one attached hydrogen (secondary N) is 1. The fraction of sp³-hybridized carbons (Fsp3) is 0.400. The summed E-state index contributed by atoms with van der Waals surface area (Å²) in [4.78, 5) is 11.6. The van der Waals surface area contributed by atoms with Crippen LogP contribution in [0.1, 0.15) is 22.2 Å². The smallest absolute Gasteiger partial charge is 0.253 e. The first kappa shape index (κ1) is 13.3. The molecular formula is C10H14N4O2S. The van der Waals surface area contributed by atoms with Gasteiger partial charge in [-0.1, -0.05) is 0 Å². The minimum Gasteiger partial charge on any atom is -0.396 e. The van der Waals surface area contributed by atoms with Crippen molar-refractivity contribution >= 4 is 27.9 Å². The van der Waals surface area contributed by atoms with E-state index in [-0.39, 0.29) is 22.2 Å². The Bertz CT molecular complexity index is 464. The van der Waals surface area contributed by atoms with E-state index >= 15 is 0 Å². The first-order valence-corrected chi connectivity index (χ1v) is 5.70. The second-order valence-electron chi connectivity index (χ2n) is 3.53. The van der Waals surface area contributed by atoms with Gasteiger partial charge in [-0.05, 0) is 6.92 Å². The summed E-state index contributed by atoms with van der Waals surface area (Å²) < 4.78 is 4.97. The molecule has 1 amide bonds. The van der Waals surface area contributed by atoms with Crippen LogP contribution in [-0.2, 0) is 4.74 Å². The zero-order chi connectivity index (χ0) is 13.0. The molecule has 0 spiro atoms. The van der Waals surface area contributed by atoms with Crippen molar-refractivity contribution in [3.05, 3.63) is 10.4 Å². The van der Waals surface area contributed by atoms with E-state index < -0.39 is 5.91 Å². The summed E-state index contributed by atoms with van der Waals surface area (Å²) in [5, 5.41) is 12.4. The Morgan fingerprint density at radius 3 is 2.82 bits per heavy atom. The maximum absolute atomic E-state index is 11.3. The lowest BCUT2D eigenvalue weighted by atomic mass is 10.2. The van der Waals surface area contributed by atoms with E-state index in [1.807, 2.05) is 13.0 Å². The average Bonchev–Trinajstić information content (AvgIpc) is 2.55. The van der Waals surface area contributed by atoms with E-state index in [9.17, 15) is 4.79 Å². The van der Waals surface area contributed by atoms with Crippen LogP contribution in [0.15, 0.2) is 0 Å². The molecule has 1 rings (SSSR count). The van der Waals surface area contributed by atoms with Crippen molar-refractivity contribution in [2.24, 2.45) is 5.73 Å². The fourth-order valence-electron chi connectivity index (χ4n) is 1.39. The van der Waals surface area contributed by atoms with E-state index in [1.165, 1.54) is 0 Å². The predicted molar refractivity (Wildman–Crippen MR) is 66.9 cm³/mol. The van der Waals surface area contributed by atoms with Gasteiger partial charge in [0.1, 0.15) is 15.9 Å². The van der Waals surface area contributed by atoms with E-state index in [2.05, 4.69) is 5.32 Å². The molecule has 1 aromatic heterocycles. The summed E-state index contributed by atoms with van der Waals surface area (Å²) in [7, 11) is 1.58. The molecule has 1 aromatic rings. The Kier molecular flexibility index (Phi) is 4.31. The van der Waals surface area contributed by atoms with E-state index in [0.29, 0.717) is 11.6 Å². The van der Waals surface area contributed by atoms with Gasteiger partial charge in [0.05, 0.1) is 17.9 Å². The number of nitrogen functional groups attached to an aromatic ring is 1. The van der Waals surface area contributed by atoms with Crippen molar-refractivity contribution in [2.75, 3.05) is 24.8 Å².